The van der Waals surface area contributed by atoms with Crippen LogP contribution in [0.4, 0.5) is 0 Å². The van der Waals surface area contributed by atoms with Crippen molar-refractivity contribution in [1.29, 1.82) is 0 Å². The molecule has 2 heterocycles. The molecule has 22 heavy (non-hydrogen) atoms. The predicted molar refractivity (Wildman–Crippen MR) is 84.4 cm³/mol. The molecule has 1 atom stereocenters. The fourth-order valence-corrected chi connectivity index (χ4v) is 3.74. The van der Waals surface area contributed by atoms with Crippen LogP contribution in [0.2, 0.25) is 0 Å². The van der Waals surface area contributed by atoms with Crippen molar-refractivity contribution in [2.75, 3.05) is 0 Å². The first kappa shape index (κ1) is 13.6. The summed E-state index contributed by atoms with van der Waals surface area (Å²) in [7, 11) is 0. The van der Waals surface area contributed by atoms with E-state index in [4.69, 9.17) is 0 Å². The molecule has 4 rings (SSSR count). The van der Waals surface area contributed by atoms with Gasteiger partial charge < -0.3 is 9.88 Å². The molecule has 1 aliphatic carbocycles. The number of amides is 1. The molecule has 1 fully saturated rings. The van der Waals surface area contributed by atoms with Crippen molar-refractivity contribution in [2.24, 2.45) is 0 Å². The van der Waals surface area contributed by atoms with Gasteiger partial charge in [0.1, 0.15) is 5.82 Å². The molecule has 1 amide bonds. The van der Waals surface area contributed by atoms with Crippen molar-refractivity contribution < 1.29 is 4.79 Å². The molecule has 1 aromatic heterocycles. The molecule has 1 saturated carbocycles. The van der Waals surface area contributed by atoms with Crippen molar-refractivity contribution in [3.63, 3.8) is 0 Å². The minimum atomic E-state index is -0.295. The van der Waals surface area contributed by atoms with Gasteiger partial charge in [0.15, 0.2) is 0 Å². The summed E-state index contributed by atoms with van der Waals surface area (Å²) in [6, 6.07) is 10.5. The lowest BCUT2D eigenvalue weighted by Gasteiger charge is -2.42. The molecule has 1 unspecified atom stereocenters. The van der Waals surface area contributed by atoms with Gasteiger partial charge in [-0.05, 0) is 24.8 Å². The van der Waals surface area contributed by atoms with Crippen molar-refractivity contribution in [3.05, 3.63) is 54.1 Å². The molecular formula is C18H21N3O. The van der Waals surface area contributed by atoms with Crippen LogP contribution in [0.3, 0.4) is 0 Å². The summed E-state index contributed by atoms with van der Waals surface area (Å²) in [6.45, 7) is 0.839. The number of nitrogens with one attached hydrogen (secondary N) is 1. The summed E-state index contributed by atoms with van der Waals surface area (Å²) < 4.78 is 2.16. The van der Waals surface area contributed by atoms with Crippen LogP contribution in [0.1, 0.15) is 37.1 Å². The summed E-state index contributed by atoms with van der Waals surface area (Å²) >= 11 is 0. The molecule has 4 heteroatoms. The summed E-state index contributed by atoms with van der Waals surface area (Å²) in [5.74, 6) is 1.34. The van der Waals surface area contributed by atoms with Crippen molar-refractivity contribution in [1.82, 2.24) is 14.9 Å². The topological polar surface area (TPSA) is 46.9 Å². The van der Waals surface area contributed by atoms with Crippen LogP contribution in [-0.2, 0) is 23.2 Å². The highest BCUT2D eigenvalue weighted by atomic mass is 16.2. The monoisotopic (exact) mass is 295 g/mol. The van der Waals surface area contributed by atoms with E-state index in [1.165, 1.54) is 0 Å². The normalized spacial score (nSPS) is 22.5. The molecule has 1 aliphatic heterocycles. The average Bonchev–Trinajstić information content (AvgIpc) is 2.95. The average molecular weight is 295 g/mol. The summed E-state index contributed by atoms with van der Waals surface area (Å²) in [4.78, 5) is 17.3. The standard InChI is InChI=1S/C18H21N3O/c22-17(18(9-4-10-18)14-5-2-1-3-6-14)20-15-7-8-16-19-11-12-21(16)13-15/h1-3,5-6,11-12,15H,4,7-10,13H2,(H,20,22). The highest BCUT2D eigenvalue weighted by Gasteiger charge is 2.46. The highest BCUT2D eigenvalue weighted by Crippen LogP contribution is 2.44. The van der Waals surface area contributed by atoms with Gasteiger partial charge in [-0.1, -0.05) is 36.8 Å². The number of hydrogen-bond donors (Lipinski definition) is 1. The molecule has 114 valence electrons. The first-order valence-electron chi connectivity index (χ1n) is 8.14. The first-order chi connectivity index (χ1) is 10.8. The third-order valence-electron chi connectivity index (χ3n) is 5.24. The van der Waals surface area contributed by atoms with Crippen LogP contribution in [0, 0.1) is 0 Å². The molecule has 0 radical (unpaired) electrons. The van der Waals surface area contributed by atoms with Gasteiger partial charge in [0.2, 0.25) is 5.91 Å². The Balaban J connectivity index is 1.50. The van der Waals surface area contributed by atoms with Crippen LogP contribution in [-0.4, -0.2) is 21.5 Å². The first-order valence-corrected chi connectivity index (χ1v) is 8.14. The fraction of sp³-hybridized carbons (Fsp3) is 0.444. The van der Waals surface area contributed by atoms with E-state index in [-0.39, 0.29) is 17.4 Å². The van der Waals surface area contributed by atoms with Crippen LogP contribution < -0.4 is 5.32 Å². The predicted octanol–water partition coefficient (Wildman–Crippen LogP) is 2.44. The van der Waals surface area contributed by atoms with Crippen molar-refractivity contribution in [2.45, 2.75) is 50.1 Å². The number of benzene rings is 1. The summed E-state index contributed by atoms with van der Waals surface area (Å²) in [5, 5.41) is 3.30. The second kappa shape index (κ2) is 5.27. The lowest BCUT2D eigenvalue weighted by atomic mass is 9.63. The van der Waals surface area contributed by atoms with E-state index < -0.39 is 0 Å². The fourth-order valence-electron chi connectivity index (χ4n) is 3.74. The molecule has 2 aliphatic rings. The molecular weight excluding hydrogens is 274 g/mol. The number of hydrogen-bond acceptors (Lipinski definition) is 2. The van der Waals surface area contributed by atoms with E-state index in [0.717, 1.165) is 50.0 Å². The third kappa shape index (κ3) is 2.14. The van der Waals surface area contributed by atoms with Crippen LogP contribution in [0.5, 0.6) is 0 Å². The number of carbonyl (C=O) groups excluding carboxylic acids is 1. The quantitative estimate of drug-likeness (QED) is 0.945. The minimum Gasteiger partial charge on any atom is -0.351 e. The maximum absolute atomic E-state index is 12.9. The zero-order chi connectivity index (χ0) is 15.0. The Morgan fingerprint density at radius 1 is 1.27 bits per heavy atom. The Hall–Kier alpha value is -2.10. The van der Waals surface area contributed by atoms with Gasteiger partial charge in [-0.3, -0.25) is 4.79 Å². The van der Waals surface area contributed by atoms with Crippen LogP contribution in [0.25, 0.3) is 0 Å². The van der Waals surface area contributed by atoms with Crippen molar-refractivity contribution in [3.8, 4) is 0 Å². The lowest BCUT2D eigenvalue weighted by Crippen LogP contribution is -2.53. The zero-order valence-corrected chi connectivity index (χ0v) is 12.7. The summed E-state index contributed by atoms with van der Waals surface area (Å²) in [6.07, 6.45) is 8.83. The number of aromatic nitrogens is 2. The van der Waals surface area contributed by atoms with E-state index in [9.17, 15) is 4.79 Å². The highest BCUT2D eigenvalue weighted by molar-refractivity contribution is 5.89. The maximum atomic E-state index is 12.9. The minimum absolute atomic E-state index is 0.207. The van der Waals surface area contributed by atoms with Crippen LogP contribution >= 0.6 is 0 Å². The van der Waals surface area contributed by atoms with Gasteiger partial charge in [-0.2, -0.15) is 0 Å². The van der Waals surface area contributed by atoms with Gasteiger partial charge in [0.05, 0.1) is 5.41 Å². The smallest absolute Gasteiger partial charge is 0.230 e. The van der Waals surface area contributed by atoms with Gasteiger partial charge >= 0.3 is 0 Å². The van der Waals surface area contributed by atoms with Crippen LogP contribution in [0.15, 0.2) is 42.7 Å². The van der Waals surface area contributed by atoms with E-state index in [0.29, 0.717) is 0 Å². The molecule has 1 aromatic carbocycles. The van der Waals surface area contributed by atoms with Gasteiger partial charge in [-0.15, -0.1) is 0 Å². The number of carbonyl (C=O) groups is 1. The van der Waals surface area contributed by atoms with Gasteiger partial charge in [-0.25, -0.2) is 4.98 Å². The van der Waals surface area contributed by atoms with Gasteiger partial charge in [0.25, 0.3) is 0 Å². The Kier molecular flexibility index (Phi) is 3.25. The Bertz CT molecular complexity index is 673. The Morgan fingerprint density at radius 3 is 2.82 bits per heavy atom. The number of imidazole rings is 1. The molecule has 4 nitrogen and oxygen atoms in total. The number of rotatable bonds is 3. The SMILES string of the molecule is O=C(NC1CCc2nccn2C1)C1(c2ccccc2)CCC1. The number of aryl methyl sites for hydroxylation is 1. The van der Waals surface area contributed by atoms with E-state index in [1.807, 2.05) is 30.6 Å². The zero-order valence-electron chi connectivity index (χ0n) is 12.7. The molecule has 1 N–H and O–H groups in total. The molecule has 0 spiro atoms. The number of fused-ring (bicyclic) bond motifs is 1. The molecule has 0 saturated heterocycles. The maximum Gasteiger partial charge on any atom is 0.230 e. The van der Waals surface area contributed by atoms with Crippen molar-refractivity contribution >= 4 is 5.91 Å². The third-order valence-corrected chi connectivity index (χ3v) is 5.24. The second-order valence-electron chi connectivity index (χ2n) is 6.51. The van der Waals surface area contributed by atoms with E-state index in [1.54, 1.807) is 0 Å². The second-order valence-corrected chi connectivity index (χ2v) is 6.51. The van der Waals surface area contributed by atoms with E-state index >= 15 is 0 Å². The largest absolute Gasteiger partial charge is 0.351 e. The Morgan fingerprint density at radius 2 is 2.09 bits per heavy atom. The molecule has 2 aromatic rings. The van der Waals surface area contributed by atoms with E-state index in [2.05, 4.69) is 27.0 Å². The Labute approximate surface area is 130 Å². The summed E-state index contributed by atoms with van der Waals surface area (Å²) in [5.41, 5.74) is 0.870. The molecule has 0 bridgehead atoms. The lowest BCUT2D eigenvalue weighted by molar-refractivity contribution is -0.130. The van der Waals surface area contributed by atoms with Gasteiger partial charge in [0, 0.05) is 31.4 Å². The number of nitrogens with zero attached hydrogens (tertiary/aromatic N) is 2.